The number of aliphatic hydroxyl groups is 5. The van der Waals surface area contributed by atoms with Crippen molar-refractivity contribution in [1.29, 1.82) is 0 Å². The van der Waals surface area contributed by atoms with Crippen LogP contribution in [0.3, 0.4) is 0 Å². The van der Waals surface area contributed by atoms with Gasteiger partial charge in [-0.05, 0) is 116 Å². The second-order valence-corrected chi connectivity index (χ2v) is 20.7. The van der Waals surface area contributed by atoms with Crippen molar-refractivity contribution in [3.05, 3.63) is 122 Å². The molecule has 1 rings (SSSR count). The van der Waals surface area contributed by atoms with Crippen LogP contribution in [0.5, 0.6) is 0 Å². The van der Waals surface area contributed by atoms with Gasteiger partial charge in [-0.1, -0.05) is 226 Å². The van der Waals surface area contributed by atoms with Crippen molar-refractivity contribution in [2.24, 2.45) is 0 Å². The molecule has 1 aliphatic rings. The molecule has 0 aliphatic carbocycles. The van der Waals surface area contributed by atoms with Gasteiger partial charge in [-0.15, -0.1) is 0 Å². The smallest absolute Gasteiger partial charge is 0.306 e. The number of carbonyl (C=O) groups is 2. The number of hydrogen-bond acceptors (Lipinski definition) is 10. The van der Waals surface area contributed by atoms with Crippen molar-refractivity contribution in [2.45, 2.75) is 275 Å². The molecule has 444 valence electrons. The van der Waals surface area contributed by atoms with E-state index in [0.29, 0.717) is 19.3 Å². The predicted molar refractivity (Wildman–Crippen MR) is 324 cm³/mol. The summed E-state index contributed by atoms with van der Waals surface area (Å²) < 4.78 is 17.6. The number of carbonyl (C=O) groups excluding carboxylic acids is 2. The van der Waals surface area contributed by atoms with Gasteiger partial charge in [0.15, 0.2) is 12.4 Å². The number of rotatable bonds is 50. The van der Waals surface area contributed by atoms with Gasteiger partial charge in [-0.3, -0.25) is 9.59 Å². The van der Waals surface area contributed by atoms with Crippen LogP contribution in [0.25, 0.3) is 0 Å². The fraction of sp³-hybridized carbons (Fsp3) is 0.672. The molecule has 0 bridgehead atoms. The third-order valence-electron chi connectivity index (χ3n) is 13.6. The molecule has 0 aromatic heterocycles. The monoisotopic (exact) mass is 1090 g/mol. The number of allylic oxidation sites excluding steroid dienone is 19. The lowest BCUT2D eigenvalue weighted by Gasteiger charge is -2.41. The molecule has 0 saturated carbocycles. The molecule has 8 atom stereocenters. The van der Waals surface area contributed by atoms with Crippen molar-refractivity contribution < 1.29 is 49.3 Å². The van der Waals surface area contributed by atoms with Gasteiger partial charge in [0.05, 0.1) is 25.4 Å². The Labute approximate surface area is 474 Å². The first-order valence-corrected chi connectivity index (χ1v) is 30.8. The average Bonchev–Trinajstić information content (AvgIpc) is 3.44. The first kappa shape index (κ1) is 72.1. The lowest BCUT2D eigenvalue weighted by Crippen LogP contribution is -2.61. The van der Waals surface area contributed by atoms with Gasteiger partial charge in [-0.25, -0.2) is 0 Å². The van der Waals surface area contributed by atoms with Crippen LogP contribution >= 0.6 is 0 Å². The third kappa shape index (κ3) is 41.1. The molecular weight excluding hydrogens is 979 g/mol. The van der Waals surface area contributed by atoms with Gasteiger partial charge in [0.25, 0.3) is 0 Å². The summed E-state index contributed by atoms with van der Waals surface area (Å²) in [5.74, 6) is -1.27. The highest BCUT2D eigenvalue weighted by molar-refractivity contribution is 5.80. The second-order valence-electron chi connectivity index (χ2n) is 20.7. The second kappa shape index (κ2) is 53.7. The van der Waals surface area contributed by atoms with Crippen molar-refractivity contribution in [1.82, 2.24) is 5.32 Å². The van der Waals surface area contributed by atoms with Crippen molar-refractivity contribution in [3.63, 3.8) is 0 Å². The topological polar surface area (TPSA) is 175 Å². The fourth-order valence-corrected chi connectivity index (χ4v) is 8.72. The Kier molecular flexibility index (Phi) is 49.6. The summed E-state index contributed by atoms with van der Waals surface area (Å²) in [6.45, 7) is 5.59. The van der Waals surface area contributed by atoms with E-state index in [2.05, 4.69) is 129 Å². The molecule has 1 amide bonds. The average molecular weight is 1090 g/mol. The highest BCUT2D eigenvalue weighted by Crippen LogP contribution is 2.26. The first-order valence-electron chi connectivity index (χ1n) is 30.8. The number of amides is 1. The Hall–Kier alpha value is -3.94. The molecule has 0 radical (unpaired) electrons. The van der Waals surface area contributed by atoms with E-state index < -0.39 is 67.4 Å². The van der Waals surface area contributed by atoms with Gasteiger partial charge in [0.1, 0.15) is 24.4 Å². The minimum absolute atomic E-state index is 0.0857. The molecule has 8 unspecified atom stereocenters. The number of ether oxygens (including phenoxy) is 3. The summed E-state index contributed by atoms with van der Waals surface area (Å²) in [5.41, 5.74) is 0. The van der Waals surface area contributed by atoms with Gasteiger partial charge in [-0.2, -0.15) is 0 Å². The minimum atomic E-state index is -1.64. The molecule has 11 heteroatoms. The first-order chi connectivity index (χ1) is 38.2. The summed E-state index contributed by atoms with van der Waals surface area (Å²) in [6, 6.07) is -1.06. The van der Waals surface area contributed by atoms with E-state index in [1.165, 1.54) is 64.2 Å². The Bertz CT molecular complexity index is 1730. The normalized spacial score (nSPS) is 19.8. The van der Waals surface area contributed by atoms with Crippen LogP contribution in [0.4, 0.5) is 0 Å². The van der Waals surface area contributed by atoms with E-state index in [0.717, 1.165) is 109 Å². The summed E-state index contributed by atoms with van der Waals surface area (Å²) in [4.78, 5) is 26.5. The van der Waals surface area contributed by atoms with E-state index in [4.69, 9.17) is 14.2 Å². The van der Waals surface area contributed by atoms with E-state index in [1.807, 2.05) is 12.2 Å². The zero-order valence-corrected chi connectivity index (χ0v) is 49.0. The Morgan fingerprint density at radius 1 is 0.513 bits per heavy atom. The maximum absolute atomic E-state index is 13.4. The van der Waals surface area contributed by atoms with Gasteiger partial charge in [0, 0.05) is 6.42 Å². The molecule has 6 N–H and O–H groups in total. The molecule has 78 heavy (non-hydrogen) atoms. The standard InChI is InChI=1S/C67H111NO10/c1-4-7-10-13-16-19-22-25-27-29-30-31-33-34-36-39-42-45-48-51-54-60(71)66(75)68-58(59(70)53-50-47-44-41-38-24-21-18-15-12-9-6-3)57-76-67-65(64(74)63(73)61(56-69)77-67)78-62(72)55-52-49-46-43-40-37-35-32-28-26-23-20-17-14-11-8-5-2/h7,10,16-17,19-20,25-28,30-31,34-37,42,45,50,53,58-61,63-65,67,69-71,73-74H,4-6,8-9,11-15,18,21-24,29,32-33,38-41,43-44,46-49,51-52,54-57H2,1-3H3,(H,68,75)/b10-7-,19-16-,20-17-,27-25-,28-26-,31-30-,36-34-,37-35-,45-42-,53-50+. The predicted octanol–water partition coefficient (Wildman–Crippen LogP) is 14.7. The van der Waals surface area contributed by atoms with E-state index in [-0.39, 0.29) is 19.4 Å². The van der Waals surface area contributed by atoms with Crippen LogP contribution < -0.4 is 5.32 Å². The quantitative estimate of drug-likeness (QED) is 0.0195. The van der Waals surface area contributed by atoms with Crippen LogP contribution in [-0.2, 0) is 23.8 Å². The highest BCUT2D eigenvalue weighted by Gasteiger charge is 2.47. The Morgan fingerprint density at radius 2 is 0.923 bits per heavy atom. The largest absolute Gasteiger partial charge is 0.454 e. The zero-order chi connectivity index (χ0) is 56.8. The molecule has 1 heterocycles. The highest BCUT2D eigenvalue weighted by atomic mass is 16.7. The Balaban J connectivity index is 2.75. The van der Waals surface area contributed by atoms with E-state index in [9.17, 15) is 35.1 Å². The maximum Gasteiger partial charge on any atom is 0.306 e. The number of nitrogens with one attached hydrogen (secondary N) is 1. The van der Waals surface area contributed by atoms with Crippen LogP contribution in [0, 0.1) is 0 Å². The van der Waals surface area contributed by atoms with Crippen LogP contribution in [0.15, 0.2) is 122 Å². The number of unbranched alkanes of at least 4 members (excludes halogenated alkanes) is 18. The van der Waals surface area contributed by atoms with Crippen LogP contribution in [0.2, 0.25) is 0 Å². The van der Waals surface area contributed by atoms with Crippen LogP contribution in [-0.4, -0.2) is 99.6 Å². The molecular formula is C67H111NO10. The van der Waals surface area contributed by atoms with Crippen molar-refractivity contribution in [3.8, 4) is 0 Å². The zero-order valence-electron chi connectivity index (χ0n) is 49.0. The number of aliphatic hydroxyl groups excluding tert-OH is 5. The Morgan fingerprint density at radius 3 is 1.41 bits per heavy atom. The van der Waals surface area contributed by atoms with Gasteiger partial charge >= 0.3 is 5.97 Å². The summed E-state index contributed by atoms with van der Waals surface area (Å²) >= 11 is 0. The van der Waals surface area contributed by atoms with Crippen LogP contribution in [0.1, 0.15) is 226 Å². The molecule has 1 aliphatic heterocycles. The minimum Gasteiger partial charge on any atom is -0.454 e. The summed E-state index contributed by atoms with van der Waals surface area (Å²) in [6.07, 6.45) is 63.8. The SMILES string of the molecule is CC/C=C\C/C=C\C/C=C\C/C=C\C/C=C\C/C=C\CCCC(O)C(=O)NC(COC1OC(CO)C(O)C(O)C1OC(=O)CCCCCC/C=C\C/C=C\C/C=C\CCCCC)C(O)/C=C/CCCCCCCCCCCC. The van der Waals surface area contributed by atoms with Crippen molar-refractivity contribution >= 4 is 11.9 Å². The number of hydrogen-bond donors (Lipinski definition) is 6. The van der Waals surface area contributed by atoms with Crippen molar-refractivity contribution in [2.75, 3.05) is 13.2 Å². The molecule has 1 fully saturated rings. The third-order valence-corrected chi connectivity index (χ3v) is 13.6. The van der Waals surface area contributed by atoms with E-state index in [1.54, 1.807) is 6.08 Å². The summed E-state index contributed by atoms with van der Waals surface area (Å²) in [5, 5.41) is 56.9. The van der Waals surface area contributed by atoms with Gasteiger partial charge in [0.2, 0.25) is 5.91 Å². The molecule has 1 saturated heterocycles. The summed E-state index contributed by atoms with van der Waals surface area (Å²) in [7, 11) is 0. The molecule has 0 spiro atoms. The maximum atomic E-state index is 13.4. The lowest BCUT2D eigenvalue weighted by atomic mass is 9.99. The number of esters is 1. The fourth-order valence-electron chi connectivity index (χ4n) is 8.72. The lowest BCUT2D eigenvalue weighted by molar-refractivity contribution is -0.305. The van der Waals surface area contributed by atoms with Gasteiger partial charge < -0.3 is 45.1 Å². The molecule has 0 aromatic carbocycles. The molecule has 0 aromatic rings. The van der Waals surface area contributed by atoms with E-state index >= 15 is 0 Å². The molecule has 11 nitrogen and oxygen atoms in total.